The van der Waals surface area contributed by atoms with Gasteiger partial charge in [-0.05, 0) is 25.2 Å². The zero-order valence-corrected chi connectivity index (χ0v) is 11.5. The lowest BCUT2D eigenvalue weighted by Crippen LogP contribution is -2.30. The van der Waals surface area contributed by atoms with E-state index >= 15 is 0 Å². The van der Waals surface area contributed by atoms with Crippen molar-refractivity contribution in [3.05, 3.63) is 29.8 Å². The quantitative estimate of drug-likeness (QED) is 0.686. The van der Waals surface area contributed by atoms with E-state index in [1.165, 1.54) is 4.90 Å². The van der Waals surface area contributed by atoms with Gasteiger partial charge >= 0.3 is 6.03 Å². The highest BCUT2D eigenvalue weighted by Crippen LogP contribution is 2.11. The van der Waals surface area contributed by atoms with Crippen molar-refractivity contribution in [2.75, 3.05) is 39.5 Å². The van der Waals surface area contributed by atoms with E-state index in [0.717, 1.165) is 0 Å². The minimum Gasteiger partial charge on any atom is -0.351 e. The van der Waals surface area contributed by atoms with Gasteiger partial charge in [0.25, 0.3) is 5.91 Å². The smallest absolute Gasteiger partial charge is 0.321 e. The maximum atomic E-state index is 11.8. The van der Waals surface area contributed by atoms with E-state index in [4.69, 9.17) is 0 Å². The number of hydrogen-bond acceptors (Lipinski definition) is 3. The Kier molecular flexibility index (Phi) is 5.81. The molecule has 6 heteroatoms. The van der Waals surface area contributed by atoms with Crippen LogP contribution in [0.3, 0.4) is 0 Å². The number of amides is 3. The lowest BCUT2D eigenvalue weighted by atomic mass is 10.2. The fraction of sp³-hybridized carbons (Fsp3) is 0.385. The van der Waals surface area contributed by atoms with Crippen molar-refractivity contribution in [1.29, 1.82) is 0 Å². The summed E-state index contributed by atoms with van der Waals surface area (Å²) in [6.07, 6.45) is 0. The number of benzene rings is 1. The maximum Gasteiger partial charge on any atom is 0.321 e. The second-order valence-corrected chi connectivity index (χ2v) is 4.26. The molecule has 3 amide bonds. The number of urea groups is 1. The van der Waals surface area contributed by atoms with Gasteiger partial charge in [0.1, 0.15) is 0 Å². The third-order valence-electron chi connectivity index (χ3n) is 2.44. The lowest BCUT2D eigenvalue weighted by molar-refractivity contribution is 0.0954. The molecule has 0 aliphatic rings. The molecular formula is C13H20N4O2. The summed E-state index contributed by atoms with van der Waals surface area (Å²) in [6.45, 7) is 1.27. The van der Waals surface area contributed by atoms with E-state index in [9.17, 15) is 9.59 Å². The van der Waals surface area contributed by atoms with Crippen molar-refractivity contribution < 1.29 is 9.59 Å². The van der Waals surface area contributed by atoms with Crippen LogP contribution in [0.2, 0.25) is 0 Å². The Morgan fingerprint density at radius 1 is 1.21 bits per heavy atom. The van der Waals surface area contributed by atoms with Crippen LogP contribution in [0.25, 0.3) is 0 Å². The van der Waals surface area contributed by atoms with Gasteiger partial charge in [0.2, 0.25) is 0 Å². The minimum absolute atomic E-state index is 0.156. The highest BCUT2D eigenvalue weighted by molar-refractivity contribution is 5.96. The van der Waals surface area contributed by atoms with Crippen molar-refractivity contribution in [3.8, 4) is 0 Å². The first-order valence-corrected chi connectivity index (χ1v) is 6.05. The first-order chi connectivity index (χ1) is 9.04. The molecule has 0 radical (unpaired) electrons. The summed E-state index contributed by atoms with van der Waals surface area (Å²) in [5.41, 5.74) is 1.12. The number of rotatable bonds is 5. The Hall–Kier alpha value is -2.08. The average Bonchev–Trinajstić information content (AvgIpc) is 2.39. The Morgan fingerprint density at radius 3 is 2.58 bits per heavy atom. The van der Waals surface area contributed by atoms with Crippen LogP contribution in [0, 0.1) is 0 Å². The molecule has 0 saturated carbocycles. The molecule has 0 fully saturated rings. The number of anilines is 1. The minimum atomic E-state index is -0.229. The molecule has 0 heterocycles. The zero-order chi connectivity index (χ0) is 14.3. The molecule has 0 bridgehead atoms. The van der Waals surface area contributed by atoms with Crippen molar-refractivity contribution in [2.45, 2.75) is 0 Å². The van der Waals surface area contributed by atoms with Gasteiger partial charge < -0.3 is 20.9 Å². The number of hydrogen-bond donors (Lipinski definition) is 3. The highest BCUT2D eigenvalue weighted by Gasteiger charge is 2.08. The molecule has 0 spiro atoms. The summed E-state index contributed by atoms with van der Waals surface area (Å²) in [5, 5.41) is 8.42. The van der Waals surface area contributed by atoms with Crippen LogP contribution in [0.1, 0.15) is 10.4 Å². The molecule has 0 aliphatic carbocycles. The molecule has 3 N–H and O–H groups in total. The van der Waals surface area contributed by atoms with Gasteiger partial charge in [-0.1, -0.05) is 6.07 Å². The predicted octanol–water partition coefficient (Wildman–Crippen LogP) is 0.729. The van der Waals surface area contributed by atoms with E-state index in [2.05, 4.69) is 16.0 Å². The average molecular weight is 264 g/mol. The summed E-state index contributed by atoms with van der Waals surface area (Å²) in [7, 11) is 5.14. The van der Waals surface area contributed by atoms with Crippen LogP contribution < -0.4 is 16.0 Å². The number of carbonyl (C=O) groups is 2. The number of carbonyl (C=O) groups excluding carboxylic acids is 2. The van der Waals surface area contributed by atoms with Gasteiger partial charge in [-0.25, -0.2) is 4.79 Å². The number of likely N-dealkylation sites (N-methyl/N-ethyl adjacent to an activating group) is 1. The van der Waals surface area contributed by atoms with Gasteiger partial charge in [-0.3, -0.25) is 4.79 Å². The third-order valence-corrected chi connectivity index (χ3v) is 2.44. The second-order valence-electron chi connectivity index (χ2n) is 4.26. The molecule has 6 nitrogen and oxygen atoms in total. The topological polar surface area (TPSA) is 73.5 Å². The van der Waals surface area contributed by atoms with E-state index in [0.29, 0.717) is 24.3 Å². The zero-order valence-electron chi connectivity index (χ0n) is 11.5. The summed E-state index contributed by atoms with van der Waals surface area (Å²) in [4.78, 5) is 24.8. The number of nitrogens with one attached hydrogen (secondary N) is 3. The van der Waals surface area contributed by atoms with Crippen LogP contribution in [-0.2, 0) is 0 Å². The first-order valence-electron chi connectivity index (χ1n) is 6.05. The second kappa shape index (κ2) is 7.38. The Balaban J connectivity index is 2.66. The largest absolute Gasteiger partial charge is 0.351 e. The van der Waals surface area contributed by atoms with Gasteiger partial charge in [0.05, 0.1) is 0 Å². The van der Waals surface area contributed by atoms with Crippen LogP contribution in [-0.4, -0.2) is 51.1 Å². The van der Waals surface area contributed by atoms with Gasteiger partial charge in [-0.2, -0.15) is 0 Å². The molecule has 0 saturated heterocycles. The van der Waals surface area contributed by atoms with E-state index < -0.39 is 0 Å². The van der Waals surface area contributed by atoms with Crippen molar-refractivity contribution in [3.63, 3.8) is 0 Å². The van der Waals surface area contributed by atoms with E-state index in [-0.39, 0.29) is 11.9 Å². The maximum absolute atomic E-state index is 11.8. The van der Waals surface area contributed by atoms with Gasteiger partial charge in [-0.15, -0.1) is 0 Å². The molecule has 1 aromatic rings. The monoisotopic (exact) mass is 264 g/mol. The van der Waals surface area contributed by atoms with Crippen LogP contribution in [0.4, 0.5) is 10.5 Å². The Bertz CT molecular complexity index is 446. The number of nitrogens with zero attached hydrogens (tertiary/aromatic N) is 1. The van der Waals surface area contributed by atoms with Gasteiger partial charge in [0, 0.05) is 38.4 Å². The fourth-order valence-electron chi connectivity index (χ4n) is 1.38. The highest BCUT2D eigenvalue weighted by atomic mass is 16.2. The third kappa shape index (κ3) is 4.97. The molecule has 1 aromatic carbocycles. The predicted molar refractivity (Wildman–Crippen MR) is 75.4 cm³/mol. The molecule has 104 valence electrons. The van der Waals surface area contributed by atoms with Crippen LogP contribution >= 0.6 is 0 Å². The standard InChI is InChI=1S/C13H20N4O2/c1-14-7-8-15-12(18)10-5-4-6-11(9-10)16-13(19)17(2)3/h4-6,9,14H,7-8H2,1-3H3,(H,15,18)(H,16,19). The molecule has 0 unspecified atom stereocenters. The summed E-state index contributed by atoms with van der Waals surface area (Å²) in [6, 6.07) is 6.60. The molecule has 0 atom stereocenters. The van der Waals surface area contributed by atoms with Crippen molar-refractivity contribution >= 4 is 17.6 Å². The first kappa shape index (κ1) is 15.0. The lowest BCUT2D eigenvalue weighted by Gasteiger charge is -2.12. The molecule has 19 heavy (non-hydrogen) atoms. The van der Waals surface area contributed by atoms with Crippen LogP contribution in [0.5, 0.6) is 0 Å². The van der Waals surface area contributed by atoms with Crippen molar-refractivity contribution in [1.82, 2.24) is 15.5 Å². The van der Waals surface area contributed by atoms with E-state index in [1.807, 2.05) is 7.05 Å². The molecule has 0 aromatic heterocycles. The fourth-order valence-corrected chi connectivity index (χ4v) is 1.38. The van der Waals surface area contributed by atoms with Gasteiger partial charge in [0.15, 0.2) is 0 Å². The summed E-state index contributed by atoms with van der Waals surface area (Å²) >= 11 is 0. The Labute approximate surface area is 113 Å². The Morgan fingerprint density at radius 2 is 1.95 bits per heavy atom. The molecule has 1 rings (SSSR count). The molecule has 0 aliphatic heterocycles. The van der Waals surface area contributed by atoms with Crippen LogP contribution in [0.15, 0.2) is 24.3 Å². The van der Waals surface area contributed by atoms with Crippen molar-refractivity contribution in [2.24, 2.45) is 0 Å². The van der Waals surface area contributed by atoms with E-state index in [1.54, 1.807) is 38.4 Å². The molecular weight excluding hydrogens is 244 g/mol. The summed E-state index contributed by atoms with van der Waals surface area (Å²) < 4.78 is 0. The summed E-state index contributed by atoms with van der Waals surface area (Å²) in [5.74, 6) is -0.156. The normalized spacial score (nSPS) is 9.84. The SMILES string of the molecule is CNCCNC(=O)c1cccc(NC(=O)N(C)C)c1.